The number of nitrogens with two attached hydrogens (primary N) is 1. The van der Waals surface area contributed by atoms with Gasteiger partial charge in [-0.15, -0.1) is 0 Å². The van der Waals surface area contributed by atoms with Crippen molar-refractivity contribution in [3.63, 3.8) is 0 Å². The highest BCUT2D eigenvalue weighted by atomic mass is 35.5. The van der Waals surface area contributed by atoms with Crippen LogP contribution < -0.4 is 10.6 Å². The average molecular weight is 299 g/mol. The molecule has 0 spiro atoms. The van der Waals surface area contributed by atoms with E-state index in [-0.39, 0.29) is 0 Å². The topological polar surface area (TPSA) is 55.0 Å². The molecule has 21 heavy (non-hydrogen) atoms. The number of hydrogen-bond acceptors (Lipinski definition) is 4. The molecule has 3 rings (SSSR count). The van der Waals surface area contributed by atoms with Gasteiger partial charge in [0, 0.05) is 35.9 Å². The number of hydrogen-bond donors (Lipinski definition) is 1. The number of anilines is 2. The third-order valence-electron chi connectivity index (χ3n) is 3.30. The minimum absolute atomic E-state index is 0.599. The molecule has 0 bridgehead atoms. The Morgan fingerprint density at radius 3 is 2.86 bits per heavy atom. The van der Waals surface area contributed by atoms with Gasteiger partial charge >= 0.3 is 0 Å². The molecule has 0 amide bonds. The van der Waals surface area contributed by atoms with Gasteiger partial charge in [-0.1, -0.05) is 29.8 Å². The van der Waals surface area contributed by atoms with E-state index in [0.29, 0.717) is 23.2 Å². The molecule has 2 N–H and O–H groups in total. The second kappa shape index (κ2) is 5.58. The maximum absolute atomic E-state index is 6.20. The molecule has 0 saturated heterocycles. The van der Waals surface area contributed by atoms with Gasteiger partial charge in [0.25, 0.3) is 0 Å². The molecule has 0 atom stereocenters. The summed E-state index contributed by atoms with van der Waals surface area (Å²) in [5, 5.41) is 1.72. The molecule has 3 aromatic rings. The smallest absolute Gasteiger partial charge is 0.225 e. The summed E-state index contributed by atoms with van der Waals surface area (Å²) in [4.78, 5) is 10.9. The van der Waals surface area contributed by atoms with Crippen LogP contribution in [-0.2, 0) is 6.54 Å². The van der Waals surface area contributed by atoms with E-state index in [9.17, 15) is 0 Å². The van der Waals surface area contributed by atoms with E-state index in [0.717, 1.165) is 16.5 Å². The summed E-state index contributed by atoms with van der Waals surface area (Å²) >= 11 is 6.20. The maximum atomic E-state index is 6.20. The van der Waals surface area contributed by atoms with Crippen molar-refractivity contribution in [1.29, 1.82) is 0 Å². The van der Waals surface area contributed by atoms with E-state index in [1.165, 1.54) is 0 Å². The van der Waals surface area contributed by atoms with Crippen molar-refractivity contribution in [1.82, 2.24) is 9.97 Å². The van der Waals surface area contributed by atoms with E-state index < -0.39 is 0 Å². The predicted molar refractivity (Wildman–Crippen MR) is 87.5 cm³/mol. The van der Waals surface area contributed by atoms with Gasteiger partial charge in [0.2, 0.25) is 5.95 Å². The summed E-state index contributed by atoms with van der Waals surface area (Å²) in [7, 11) is 1.93. The van der Waals surface area contributed by atoms with E-state index in [4.69, 9.17) is 17.3 Å². The Balaban J connectivity index is 1.89. The molecule has 106 valence electrons. The maximum Gasteiger partial charge on any atom is 0.225 e. The van der Waals surface area contributed by atoms with E-state index in [1.807, 2.05) is 48.5 Å². The highest BCUT2D eigenvalue weighted by molar-refractivity contribution is 6.31. The Hall–Kier alpha value is -2.33. The van der Waals surface area contributed by atoms with Gasteiger partial charge in [0.1, 0.15) is 0 Å². The number of benzene rings is 2. The third kappa shape index (κ3) is 2.90. The average Bonchev–Trinajstić information content (AvgIpc) is 2.50. The van der Waals surface area contributed by atoms with Crippen molar-refractivity contribution in [2.75, 3.05) is 17.7 Å². The van der Waals surface area contributed by atoms with E-state index in [1.54, 1.807) is 12.1 Å². The number of nitrogens with zero attached hydrogens (tertiary/aromatic N) is 3. The van der Waals surface area contributed by atoms with Gasteiger partial charge in [-0.2, -0.15) is 0 Å². The van der Waals surface area contributed by atoms with Crippen LogP contribution >= 0.6 is 11.6 Å². The molecule has 2 aromatic carbocycles. The SMILES string of the molecule is CN(Cc1cc(N)ccc1Cl)c1ncc2ccccc2n1. The second-order valence-corrected chi connectivity index (χ2v) is 5.34. The lowest BCUT2D eigenvalue weighted by molar-refractivity contribution is 0.874. The Morgan fingerprint density at radius 1 is 1.19 bits per heavy atom. The second-order valence-electron chi connectivity index (χ2n) is 4.94. The van der Waals surface area contributed by atoms with Crippen LogP contribution in [0.5, 0.6) is 0 Å². The molecular formula is C16H15ClN4. The monoisotopic (exact) mass is 298 g/mol. The summed E-state index contributed by atoms with van der Waals surface area (Å²) in [6.07, 6.45) is 1.83. The van der Waals surface area contributed by atoms with Gasteiger partial charge in [0.05, 0.1) is 5.52 Å². The minimum Gasteiger partial charge on any atom is -0.399 e. The fourth-order valence-corrected chi connectivity index (χ4v) is 2.37. The zero-order chi connectivity index (χ0) is 14.8. The van der Waals surface area contributed by atoms with Crippen LogP contribution in [0, 0.1) is 0 Å². The first-order valence-electron chi connectivity index (χ1n) is 6.60. The Bertz CT molecular complexity index is 788. The molecule has 0 saturated carbocycles. The highest BCUT2D eigenvalue weighted by Gasteiger charge is 2.09. The number of para-hydroxylation sites is 1. The molecule has 0 aliphatic heterocycles. The van der Waals surface area contributed by atoms with Crippen molar-refractivity contribution >= 4 is 34.1 Å². The van der Waals surface area contributed by atoms with Crippen LogP contribution in [0.4, 0.5) is 11.6 Å². The Morgan fingerprint density at radius 2 is 2.00 bits per heavy atom. The lowest BCUT2D eigenvalue weighted by Gasteiger charge is -2.18. The zero-order valence-corrected chi connectivity index (χ0v) is 12.4. The van der Waals surface area contributed by atoms with E-state index >= 15 is 0 Å². The number of fused-ring (bicyclic) bond motifs is 1. The zero-order valence-electron chi connectivity index (χ0n) is 11.6. The molecule has 0 unspecified atom stereocenters. The largest absolute Gasteiger partial charge is 0.399 e. The predicted octanol–water partition coefficient (Wildman–Crippen LogP) is 3.50. The molecule has 0 fully saturated rings. The third-order valence-corrected chi connectivity index (χ3v) is 3.66. The van der Waals surface area contributed by atoms with Crippen LogP contribution in [0.1, 0.15) is 5.56 Å². The fraction of sp³-hybridized carbons (Fsp3) is 0.125. The summed E-state index contributed by atoms with van der Waals surface area (Å²) in [6, 6.07) is 13.4. The van der Waals surface area contributed by atoms with Gasteiger partial charge < -0.3 is 10.6 Å². The normalized spacial score (nSPS) is 10.8. The van der Waals surface area contributed by atoms with Crippen molar-refractivity contribution in [3.8, 4) is 0 Å². The van der Waals surface area contributed by atoms with Gasteiger partial charge in [-0.3, -0.25) is 0 Å². The fourth-order valence-electron chi connectivity index (χ4n) is 2.19. The number of halogens is 1. The minimum atomic E-state index is 0.599. The first-order valence-corrected chi connectivity index (χ1v) is 6.98. The van der Waals surface area contributed by atoms with Crippen LogP contribution in [-0.4, -0.2) is 17.0 Å². The van der Waals surface area contributed by atoms with E-state index in [2.05, 4.69) is 9.97 Å². The molecule has 0 radical (unpaired) electrons. The quantitative estimate of drug-likeness (QED) is 0.752. The van der Waals surface area contributed by atoms with Crippen LogP contribution in [0.2, 0.25) is 5.02 Å². The lowest BCUT2D eigenvalue weighted by Crippen LogP contribution is -2.19. The summed E-state index contributed by atoms with van der Waals surface area (Å²) in [6.45, 7) is 0.599. The molecular weight excluding hydrogens is 284 g/mol. The molecule has 1 aromatic heterocycles. The lowest BCUT2D eigenvalue weighted by atomic mass is 10.2. The number of rotatable bonds is 3. The number of aromatic nitrogens is 2. The molecule has 5 heteroatoms. The standard InChI is InChI=1S/C16H15ClN4/c1-21(10-12-8-13(18)6-7-14(12)17)16-19-9-11-4-2-3-5-15(11)20-16/h2-9H,10,18H2,1H3. The van der Waals surface area contributed by atoms with Crippen molar-refractivity contribution in [2.45, 2.75) is 6.54 Å². The van der Waals surface area contributed by atoms with Crippen molar-refractivity contribution in [3.05, 3.63) is 59.2 Å². The molecule has 0 aliphatic carbocycles. The first-order chi connectivity index (χ1) is 10.1. The van der Waals surface area contributed by atoms with Crippen LogP contribution in [0.3, 0.4) is 0 Å². The Labute approximate surface area is 128 Å². The molecule has 4 nitrogen and oxygen atoms in total. The Kier molecular flexibility index (Phi) is 3.62. The highest BCUT2D eigenvalue weighted by Crippen LogP contribution is 2.22. The summed E-state index contributed by atoms with van der Waals surface area (Å²) in [5.74, 6) is 0.659. The summed E-state index contributed by atoms with van der Waals surface area (Å²) in [5.41, 5.74) is 8.38. The van der Waals surface area contributed by atoms with Crippen LogP contribution in [0.25, 0.3) is 10.9 Å². The van der Waals surface area contributed by atoms with Crippen molar-refractivity contribution in [2.24, 2.45) is 0 Å². The van der Waals surface area contributed by atoms with Crippen LogP contribution in [0.15, 0.2) is 48.7 Å². The molecule has 1 heterocycles. The summed E-state index contributed by atoms with van der Waals surface area (Å²) < 4.78 is 0. The van der Waals surface area contributed by atoms with Crippen molar-refractivity contribution < 1.29 is 0 Å². The van der Waals surface area contributed by atoms with Gasteiger partial charge in [-0.25, -0.2) is 9.97 Å². The first kappa shape index (κ1) is 13.6. The van der Waals surface area contributed by atoms with Gasteiger partial charge in [-0.05, 0) is 29.8 Å². The van der Waals surface area contributed by atoms with Gasteiger partial charge in [0.15, 0.2) is 0 Å². The number of nitrogen functional groups attached to an aromatic ring is 1. The molecule has 0 aliphatic rings.